The summed E-state index contributed by atoms with van der Waals surface area (Å²) in [5.41, 5.74) is 2.03. The molecule has 1 unspecified atom stereocenters. The minimum Gasteiger partial charge on any atom is -0.481 e. The SMILES string of the molecule is Cl.Cn1nnc2cc(C(=O)N3CCC(C(=O)O)C3)ccc21. The van der Waals surface area contributed by atoms with E-state index < -0.39 is 11.9 Å². The van der Waals surface area contributed by atoms with Crippen LogP contribution in [0.1, 0.15) is 16.8 Å². The highest BCUT2D eigenvalue weighted by atomic mass is 35.5. The molecule has 1 N–H and O–H groups in total. The number of carbonyl (C=O) groups excluding carboxylic acids is 1. The van der Waals surface area contributed by atoms with Crippen LogP contribution in [0.15, 0.2) is 18.2 Å². The lowest BCUT2D eigenvalue weighted by Crippen LogP contribution is -2.29. The molecule has 21 heavy (non-hydrogen) atoms. The predicted octanol–water partition coefficient (Wildman–Crippen LogP) is 0.937. The molecule has 0 bridgehead atoms. The van der Waals surface area contributed by atoms with E-state index in [1.165, 1.54) is 0 Å². The fourth-order valence-electron chi connectivity index (χ4n) is 2.50. The van der Waals surface area contributed by atoms with Crippen LogP contribution in [-0.4, -0.2) is 50.0 Å². The minimum atomic E-state index is -0.843. The average Bonchev–Trinajstić information content (AvgIpc) is 3.05. The highest BCUT2D eigenvalue weighted by molar-refractivity contribution is 5.97. The molecule has 1 atom stereocenters. The Labute approximate surface area is 126 Å². The van der Waals surface area contributed by atoms with Gasteiger partial charge in [0.05, 0.1) is 11.4 Å². The Bertz CT molecular complexity index is 700. The highest BCUT2D eigenvalue weighted by Gasteiger charge is 2.31. The maximum Gasteiger partial charge on any atom is 0.308 e. The molecule has 8 heteroatoms. The van der Waals surface area contributed by atoms with E-state index in [1.54, 1.807) is 34.8 Å². The second kappa shape index (κ2) is 5.69. The fourth-order valence-corrected chi connectivity index (χ4v) is 2.50. The van der Waals surface area contributed by atoms with E-state index in [4.69, 9.17) is 5.11 Å². The first-order valence-electron chi connectivity index (χ1n) is 6.38. The molecule has 2 aromatic rings. The van der Waals surface area contributed by atoms with Gasteiger partial charge in [0.1, 0.15) is 5.52 Å². The molecule has 1 aliphatic rings. The van der Waals surface area contributed by atoms with Gasteiger partial charge in [0.15, 0.2) is 0 Å². The van der Waals surface area contributed by atoms with Crippen molar-refractivity contribution in [2.45, 2.75) is 6.42 Å². The van der Waals surface area contributed by atoms with E-state index in [2.05, 4.69) is 10.3 Å². The van der Waals surface area contributed by atoms with E-state index in [1.807, 2.05) is 0 Å². The Morgan fingerprint density at radius 2 is 2.14 bits per heavy atom. The molecular formula is C13H15ClN4O3. The molecule has 0 aliphatic carbocycles. The Balaban J connectivity index is 0.00000161. The lowest BCUT2D eigenvalue weighted by atomic mass is 10.1. The van der Waals surface area contributed by atoms with Gasteiger partial charge in [-0.2, -0.15) is 0 Å². The van der Waals surface area contributed by atoms with Crippen LogP contribution >= 0.6 is 12.4 Å². The van der Waals surface area contributed by atoms with Gasteiger partial charge < -0.3 is 10.0 Å². The molecule has 112 valence electrons. The molecule has 7 nitrogen and oxygen atoms in total. The van der Waals surface area contributed by atoms with Crippen LogP contribution in [0.5, 0.6) is 0 Å². The van der Waals surface area contributed by atoms with Crippen molar-refractivity contribution in [3.8, 4) is 0 Å². The lowest BCUT2D eigenvalue weighted by molar-refractivity contribution is -0.141. The summed E-state index contributed by atoms with van der Waals surface area (Å²) in [6.45, 7) is 0.751. The van der Waals surface area contributed by atoms with Gasteiger partial charge in [-0.25, -0.2) is 4.68 Å². The molecule has 1 fully saturated rings. The number of carbonyl (C=O) groups is 2. The number of nitrogens with zero attached hydrogens (tertiary/aromatic N) is 4. The summed E-state index contributed by atoms with van der Waals surface area (Å²) in [6.07, 6.45) is 0.508. The summed E-state index contributed by atoms with van der Waals surface area (Å²) in [5.74, 6) is -1.45. The van der Waals surface area contributed by atoms with Crippen LogP contribution in [0.4, 0.5) is 0 Å². The first kappa shape index (κ1) is 15.2. The summed E-state index contributed by atoms with van der Waals surface area (Å²) < 4.78 is 1.64. The summed E-state index contributed by atoms with van der Waals surface area (Å²) in [4.78, 5) is 24.8. The largest absolute Gasteiger partial charge is 0.481 e. The molecule has 0 radical (unpaired) electrons. The normalized spacial score (nSPS) is 17.8. The van der Waals surface area contributed by atoms with Crippen molar-refractivity contribution in [3.05, 3.63) is 23.8 Å². The van der Waals surface area contributed by atoms with Gasteiger partial charge in [-0.15, -0.1) is 17.5 Å². The number of likely N-dealkylation sites (tertiary alicyclic amines) is 1. The van der Waals surface area contributed by atoms with Gasteiger partial charge in [0, 0.05) is 25.7 Å². The Kier molecular flexibility index (Phi) is 4.13. The first-order chi connectivity index (χ1) is 9.56. The smallest absolute Gasteiger partial charge is 0.308 e. The number of carboxylic acid groups (broad SMARTS) is 1. The number of benzene rings is 1. The lowest BCUT2D eigenvalue weighted by Gasteiger charge is -2.15. The van der Waals surface area contributed by atoms with E-state index in [-0.39, 0.29) is 24.9 Å². The van der Waals surface area contributed by atoms with Gasteiger partial charge in [-0.3, -0.25) is 9.59 Å². The summed E-state index contributed by atoms with van der Waals surface area (Å²) >= 11 is 0. The maximum atomic E-state index is 12.3. The molecular weight excluding hydrogens is 296 g/mol. The average molecular weight is 311 g/mol. The Morgan fingerprint density at radius 1 is 1.38 bits per heavy atom. The summed E-state index contributed by atoms with van der Waals surface area (Å²) in [5, 5.41) is 16.8. The number of fused-ring (bicyclic) bond motifs is 1. The zero-order chi connectivity index (χ0) is 14.3. The van der Waals surface area contributed by atoms with Gasteiger partial charge in [-0.05, 0) is 24.6 Å². The second-order valence-electron chi connectivity index (χ2n) is 4.99. The molecule has 0 spiro atoms. The molecule has 1 aromatic heterocycles. The van der Waals surface area contributed by atoms with E-state index in [9.17, 15) is 9.59 Å². The number of rotatable bonds is 2. The number of halogens is 1. The third-order valence-electron chi connectivity index (χ3n) is 3.68. The molecule has 1 amide bonds. The van der Waals surface area contributed by atoms with Crippen molar-refractivity contribution in [2.24, 2.45) is 13.0 Å². The molecule has 3 rings (SSSR count). The number of aryl methyl sites for hydroxylation is 1. The number of carboxylic acids is 1. The van der Waals surface area contributed by atoms with Gasteiger partial charge in [0.2, 0.25) is 0 Å². The minimum absolute atomic E-state index is 0. The molecule has 1 aromatic carbocycles. The molecule has 1 saturated heterocycles. The molecule has 0 saturated carbocycles. The third kappa shape index (κ3) is 2.69. The van der Waals surface area contributed by atoms with Crippen LogP contribution in [0.2, 0.25) is 0 Å². The monoisotopic (exact) mass is 310 g/mol. The second-order valence-corrected chi connectivity index (χ2v) is 4.99. The van der Waals surface area contributed by atoms with Crippen LogP contribution < -0.4 is 0 Å². The van der Waals surface area contributed by atoms with Gasteiger partial charge >= 0.3 is 5.97 Å². The first-order valence-corrected chi connectivity index (χ1v) is 6.38. The molecule has 1 aliphatic heterocycles. The standard InChI is InChI=1S/C13H14N4O3.ClH/c1-16-11-3-2-8(6-10(11)14-15-16)12(18)17-5-4-9(7-17)13(19)20;/h2-3,6,9H,4-5,7H2,1H3,(H,19,20);1H. The van der Waals surface area contributed by atoms with Gasteiger partial charge in [0.25, 0.3) is 5.91 Å². The van der Waals surface area contributed by atoms with Crippen molar-refractivity contribution in [1.82, 2.24) is 19.9 Å². The quantitative estimate of drug-likeness (QED) is 0.891. The van der Waals surface area contributed by atoms with Crippen molar-refractivity contribution in [3.63, 3.8) is 0 Å². The maximum absolute atomic E-state index is 12.3. The van der Waals surface area contributed by atoms with Crippen molar-refractivity contribution in [2.75, 3.05) is 13.1 Å². The number of aromatic nitrogens is 3. The summed E-state index contributed by atoms with van der Waals surface area (Å²) in [7, 11) is 1.79. The zero-order valence-electron chi connectivity index (χ0n) is 11.4. The zero-order valence-corrected chi connectivity index (χ0v) is 12.2. The fraction of sp³-hybridized carbons (Fsp3) is 0.385. The third-order valence-corrected chi connectivity index (χ3v) is 3.68. The van der Waals surface area contributed by atoms with E-state index >= 15 is 0 Å². The van der Waals surface area contributed by atoms with E-state index in [0.717, 1.165) is 5.52 Å². The highest BCUT2D eigenvalue weighted by Crippen LogP contribution is 2.20. The van der Waals surface area contributed by atoms with Crippen molar-refractivity contribution >= 4 is 35.3 Å². The molecule has 2 heterocycles. The van der Waals surface area contributed by atoms with Crippen LogP contribution in [0.3, 0.4) is 0 Å². The van der Waals surface area contributed by atoms with Crippen LogP contribution in [0.25, 0.3) is 11.0 Å². The number of aliphatic carboxylic acids is 1. The number of hydrogen-bond acceptors (Lipinski definition) is 4. The predicted molar refractivity (Wildman–Crippen MR) is 77.4 cm³/mol. The van der Waals surface area contributed by atoms with E-state index in [0.29, 0.717) is 24.0 Å². The summed E-state index contributed by atoms with van der Waals surface area (Å²) in [6, 6.07) is 5.22. The van der Waals surface area contributed by atoms with Crippen molar-refractivity contribution < 1.29 is 14.7 Å². The van der Waals surface area contributed by atoms with Crippen molar-refractivity contribution in [1.29, 1.82) is 0 Å². The van der Waals surface area contributed by atoms with Gasteiger partial charge in [-0.1, -0.05) is 5.21 Å². The Morgan fingerprint density at radius 3 is 2.81 bits per heavy atom. The Hall–Kier alpha value is -2.15. The topological polar surface area (TPSA) is 88.3 Å². The number of hydrogen-bond donors (Lipinski definition) is 1. The number of amides is 1. The van der Waals surface area contributed by atoms with Crippen LogP contribution in [-0.2, 0) is 11.8 Å². The van der Waals surface area contributed by atoms with Crippen LogP contribution in [0, 0.1) is 5.92 Å².